The second-order valence-corrected chi connectivity index (χ2v) is 7.75. The van der Waals surface area contributed by atoms with Gasteiger partial charge in [0.25, 0.3) is 11.6 Å². The molecule has 0 fully saturated rings. The first-order valence-electron chi connectivity index (χ1n) is 10.7. The van der Waals surface area contributed by atoms with E-state index in [-0.39, 0.29) is 23.6 Å². The van der Waals surface area contributed by atoms with Crippen LogP contribution in [0, 0.1) is 10.1 Å². The zero-order valence-corrected chi connectivity index (χ0v) is 18.3. The second-order valence-electron chi connectivity index (χ2n) is 7.75. The molecular weight excluding hydrogens is 448 g/mol. The van der Waals surface area contributed by atoms with Crippen LogP contribution in [0.25, 0.3) is 33.1 Å². The van der Waals surface area contributed by atoms with E-state index >= 15 is 0 Å². The molecule has 0 unspecified atom stereocenters. The number of aromatic nitrogens is 1. The summed E-state index contributed by atoms with van der Waals surface area (Å²) in [6.07, 6.45) is 1.37. The summed E-state index contributed by atoms with van der Waals surface area (Å²) in [7, 11) is 0. The molecule has 9 nitrogen and oxygen atoms in total. The highest BCUT2D eigenvalue weighted by Crippen LogP contribution is 2.24. The normalized spacial score (nSPS) is 11.3. The SMILES string of the molecule is O=C(Cn1c2ccccc2c(=O)c2ccccc21)N/N=C/c1ccc(-c2ccc([N+](=O)[O-])cc2)o1. The summed E-state index contributed by atoms with van der Waals surface area (Å²) in [5.41, 5.74) is 4.41. The Labute approximate surface area is 198 Å². The van der Waals surface area contributed by atoms with Gasteiger partial charge in [-0.25, -0.2) is 5.43 Å². The zero-order valence-electron chi connectivity index (χ0n) is 18.3. The van der Waals surface area contributed by atoms with E-state index in [0.29, 0.717) is 38.9 Å². The third-order valence-corrected chi connectivity index (χ3v) is 5.55. The van der Waals surface area contributed by atoms with Crippen molar-refractivity contribution < 1.29 is 14.1 Å². The van der Waals surface area contributed by atoms with Crippen LogP contribution >= 0.6 is 0 Å². The number of benzene rings is 3. The van der Waals surface area contributed by atoms with Gasteiger partial charge in [0.2, 0.25) is 0 Å². The van der Waals surface area contributed by atoms with E-state index in [4.69, 9.17) is 4.42 Å². The van der Waals surface area contributed by atoms with E-state index in [1.807, 2.05) is 24.3 Å². The van der Waals surface area contributed by atoms with Crippen LogP contribution in [0.1, 0.15) is 5.76 Å². The molecule has 2 heterocycles. The van der Waals surface area contributed by atoms with E-state index in [1.165, 1.54) is 18.3 Å². The summed E-state index contributed by atoms with van der Waals surface area (Å²) in [6, 6.07) is 23.7. The number of hydrogen-bond donors (Lipinski definition) is 1. The summed E-state index contributed by atoms with van der Waals surface area (Å²) in [5, 5.41) is 15.9. The number of fused-ring (bicyclic) bond motifs is 2. The van der Waals surface area contributed by atoms with E-state index < -0.39 is 4.92 Å². The van der Waals surface area contributed by atoms with Crippen molar-refractivity contribution in [1.82, 2.24) is 9.99 Å². The average molecular weight is 466 g/mol. The lowest BCUT2D eigenvalue weighted by Crippen LogP contribution is -2.25. The topological polar surface area (TPSA) is 120 Å². The first-order chi connectivity index (χ1) is 17.0. The Kier molecular flexibility index (Phi) is 5.64. The van der Waals surface area contributed by atoms with Gasteiger partial charge in [-0.2, -0.15) is 5.10 Å². The Morgan fingerprint density at radius 1 is 0.943 bits per heavy atom. The number of hydrogen-bond acceptors (Lipinski definition) is 6. The quantitative estimate of drug-likeness (QED) is 0.171. The minimum absolute atomic E-state index is 0.00637. The fourth-order valence-electron chi connectivity index (χ4n) is 3.92. The number of nitro groups is 1. The second kappa shape index (κ2) is 9.06. The van der Waals surface area contributed by atoms with Crippen molar-refractivity contribution in [3.63, 3.8) is 0 Å². The number of para-hydroxylation sites is 2. The van der Waals surface area contributed by atoms with E-state index in [9.17, 15) is 19.7 Å². The van der Waals surface area contributed by atoms with Crippen LogP contribution in [-0.2, 0) is 11.3 Å². The van der Waals surface area contributed by atoms with Gasteiger partial charge in [0.1, 0.15) is 18.1 Å². The molecule has 0 saturated carbocycles. The molecule has 0 aliphatic rings. The minimum Gasteiger partial charge on any atom is -0.455 e. The largest absolute Gasteiger partial charge is 0.455 e. The lowest BCUT2D eigenvalue weighted by Gasteiger charge is -2.14. The average Bonchev–Trinajstić information content (AvgIpc) is 3.35. The fraction of sp³-hybridized carbons (Fsp3) is 0.0385. The molecule has 1 N–H and O–H groups in total. The molecule has 5 aromatic rings. The first-order valence-corrected chi connectivity index (χ1v) is 10.7. The predicted molar refractivity (Wildman–Crippen MR) is 132 cm³/mol. The molecule has 0 aliphatic carbocycles. The van der Waals surface area contributed by atoms with Crippen molar-refractivity contribution in [2.75, 3.05) is 0 Å². The van der Waals surface area contributed by atoms with Crippen LogP contribution < -0.4 is 10.9 Å². The number of furan rings is 1. The van der Waals surface area contributed by atoms with Crippen LogP contribution in [0.15, 0.2) is 99.2 Å². The summed E-state index contributed by atoms with van der Waals surface area (Å²) in [4.78, 5) is 35.8. The zero-order chi connectivity index (χ0) is 24.4. The molecule has 0 saturated heterocycles. The van der Waals surface area contributed by atoms with Crippen molar-refractivity contribution in [1.29, 1.82) is 0 Å². The number of carbonyl (C=O) groups is 1. The third-order valence-electron chi connectivity index (χ3n) is 5.55. The summed E-state index contributed by atoms with van der Waals surface area (Å²) < 4.78 is 7.48. The van der Waals surface area contributed by atoms with Gasteiger partial charge < -0.3 is 8.98 Å². The third kappa shape index (κ3) is 4.30. The van der Waals surface area contributed by atoms with Crippen LogP contribution in [0.3, 0.4) is 0 Å². The smallest absolute Gasteiger partial charge is 0.269 e. The molecule has 172 valence electrons. The molecule has 0 atom stereocenters. The number of nitro benzene ring substituents is 1. The summed E-state index contributed by atoms with van der Waals surface area (Å²) in [5.74, 6) is 0.541. The minimum atomic E-state index is -0.467. The van der Waals surface area contributed by atoms with Crippen molar-refractivity contribution in [3.8, 4) is 11.3 Å². The standard InChI is InChI=1S/C26H18N4O5/c31-25(16-29-22-7-3-1-5-20(22)26(32)21-6-2-4-8-23(21)29)28-27-15-19-13-14-24(35-19)17-9-11-18(12-10-17)30(33)34/h1-15H,16H2,(H,28,31)/b27-15+. The highest BCUT2D eigenvalue weighted by molar-refractivity contribution is 5.95. The maximum absolute atomic E-state index is 12.8. The molecule has 35 heavy (non-hydrogen) atoms. The van der Waals surface area contributed by atoms with Gasteiger partial charge >= 0.3 is 0 Å². The fourth-order valence-corrected chi connectivity index (χ4v) is 3.92. The number of carbonyl (C=O) groups excluding carboxylic acids is 1. The predicted octanol–water partition coefficient (Wildman–Crippen LogP) is 4.47. The Balaban J connectivity index is 1.33. The Bertz CT molecular complexity index is 1610. The van der Waals surface area contributed by atoms with Crippen LogP contribution in [0.5, 0.6) is 0 Å². The maximum Gasteiger partial charge on any atom is 0.269 e. The van der Waals surface area contributed by atoms with Gasteiger partial charge in [-0.15, -0.1) is 0 Å². The number of pyridine rings is 1. The van der Waals surface area contributed by atoms with Gasteiger partial charge in [0.05, 0.1) is 22.2 Å². The number of hydrazone groups is 1. The van der Waals surface area contributed by atoms with Gasteiger partial charge in [0.15, 0.2) is 5.43 Å². The van der Waals surface area contributed by atoms with Gasteiger partial charge in [-0.1, -0.05) is 24.3 Å². The molecule has 5 rings (SSSR count). The molecular formula is C26H18N4O5. The Hall–Kier alpha value is -5.05. The monoisotopic (exact) mass is 466 g/mol. The molecule has 0 spiro atoms. The van der Waals surface area contributed by atoms with Crippen molar-refractivity contribution in [2.45, 2.75) is 6.54 Å². The Morgan fingerprint density at radius 3 is 2.20 bits per heavy atom. The van der Waals surface area contributed by atoms with Gasteiger partial charge in [0, 0.05) is 28.5 Å². The number of nitrogens with one attached hydrogen (secondary N) is 1. The van der Waals surface area contributed by atoms with E-state index in [1.54, 1.807) is 53.1 Å². The molecule has 0 aliphatic heterocycles. The van der Waals surface area contributed by atoms with Crippen LogP contribution in [0.2, 0.25) is 0 Å². The molecule has 9 heteroatoms. The molecule has 1 amide bonds. The maximum atomic E-state index is 12.8. The highest BCUT2D eigenvalue weighted by atomic mass is 16.6. The van der Waals surface area contributed by atoms with E-state index in [0.717, 1.165) is 0 Å². The van der Waals surface area contributed by atoms with Crippen molar-refractivity contribution in [2.24, 2.45) is 5.10 Å². The van der Waals surface area contributed by atoms with E-state index in [2.05, 4.69) is 10.5 Å². The number of amides is 1. The summed E-state index contributed by atoms with van der Waals surface area (Å²) in [6.45, 7) is -0.0369. The van der Waals surface area contributed by atoms with Crippen LogP contribution in [-0.4, -0.2) is 21.6 Å². The Morgan fingerprint density at radius 2 is 1.57 bits per heavy atom. The van der Waals surface area contributed by atoms with Crippen molar-refractivity contribution >= 4 is 39.6 Å². The molecule has 3 aromatic carbocycles. The lowest BCUT2D eigenvalue weighted by atomic mass is 10.1. The molecule has 2 aromatic heterocycles. The summed E-state index contributed by atoms with van der Waals surface area (Å²) >= 11 is 0. The number of nitrogens with zero attached hydrogens (tertiary/aromatic N) is 3. The molecule has 0 bridgehead atoms. The lowest BCUT2D eigenvalue weighted by molar-refractivity contribution is -0.384. The van der Waals surface area contributed by atoms with Crippen molar-refractivity contribution in [3.05, 3.63) is 111 Å². The number of non-ortho nitro benzene ring substituents is 1. The number of rotatable bonds is 6. The van der Waals surface area contributed by atoms with Gasteiger partial charge in [-0.3, -0.25) is 19.7 Å². The van der Waals surface area contributed by atoms with Gasteiger partial charge in [-0.05, 0) is 48.5 Å². The molecule has 0 radical (unpaired) electrons. The first kappa shape index (κ1) is 21.8. The highest BCUT2D eigenvalue weighted by Gasteiger charge is 2.13. The van der Waals surface area contributed by atoms with Crippen LogP contribution in [0.4, 0.5) is 5.69 Å².